The van der Waals surface area contributed by atoms with Crippen molar-refractivity contribution in [1.29, 1.82) is 0 Å². The molecule has 0 aliphatic heterocycles. The summed E-state index contributed by atoms with van der Waals surface area (Å²) in [6.07, 6.45) is 0. The molecule has 2 N–H and O–H groups in total. The van der Waals surface area contributed by atoms with Crippen molar-refractivity contribution in [2.45, 2.75) is 20.1 Å². The highest BCUT2D eigenvalue weighted by atomic mass is 35.5. The molecule has 1 aromatic heterocycles. The Morgan fingerprint density at radius 3 is 2.68 bits per heavy atom. The van der Waals surface area contributed by atoms with Gasteiger partial charge in [-0.2, -0.15) is 13.9 Å². The Balaban J connectivity index is 2.30. The Morgan fingerprint density at radius 2 is 2.11 bits per heavy atom. The first kappa shape index (κ1) is 13.6. The average molecular weight is 288 g/mol. The van der Waals surface area contributed by atoms with Crippen molar-refractivity contribution in [2.24, 2.45) is 0 Å². The fraction of sp³-hybridized carbons (Fsp3) is 0.250. The van der Waals surface area contributed by atoms with Crippen LogP contribution in [0.2, 0.25) is 5.02 Å². The summed E-state index contributed by atoms with van der Waals surface area (Å²) in [5.41, 5.74) is 6.92. The van der Waals surface area contributed by atoms with E-state index in [1.165, 1.54) is 10.7 Å². The summed E-state index contributed by atoms with van der Waals surface area (Å²) in [5, 5.41) is 4.51. The molecule has 0 saturated carbocycles. The Labute approximate surface area is 113 Å². The second-order valence-corrected chi connectivity index (χ2v) is 4.31. The summed E-state index contributed by atoms with van der Waals surface area (Å²) < 4.78 is 30.5. The number of aromatic nitrogens is 2. The van der Waals surface area contributed by atoms with E-state index in [9.17, 15) is 8.78 Å². The van der Waals surface area contributed by atoms with E-state index in [4.69, 9.17) is 17.3 Å². The monoisotopic (exact) mass is 287 g/mol. The van der Waals surface area contributed by atoms with Gasteiger partial charge in [0.1, 0.15) is 16.6 Å². The van der Waals surface area contributed by atoms with Crippen molar-refractivity contribution in [3.8, 4) is 5.75 Å². The maximum Gasteiger partial charge on any atom is 0.387 e. The molecule has 0 fully saturated rings. The topological polar surface area (TPSA) is 53.1 Å². The van der Waals surface area contributed by atoms with Crippen molar-refractivity contribution in [3.63, 3.8) is 0 Å². The van der Waals surface area contributed by atoms with Crippen molar-refractivity contribution in [3.05, 3.63) is 40.5 Å². The van der Waals surface area contributed by atoms with Gasteiger partial charge in [0.05, 0.1) is 12.2 Å². The van der Waals surface area contributed by atoms with E-state index < -0.39 is 6.61 Å². The van der Waals surface area contributed by atoms with Crippen LogP contribution in [0.15, 0.2) is 24.3 Å². The van der Waals surface area contributed by atoms with Crippen molar-refractivity contribution >= 4 is 17.4 Å². The minimum Gasteiger partial charge on any atom is -0.434 e. The third-order valence-electron chi connectivity index (χ3n) is 2.60. The Kier molecular flexibility index (Phi) is 3.90. The maximum absolute atomic E-state index is 12.3. The second kappa shape index (κ2) is 5.44. The molecule has 0 spiro atoms. The van der Waals surface area contributed by atoms with E-state index in [2.05, 4.69) is 9.84 Å². The molecule has 102 valence electrons. The van der Waals surface area contributed by atoms with E-state index in [-0.39, 0.29) is 12.3 Å². The van der Waals surface area contributed by atoms with Crippen LogP contribution in [-0.4, -0.2) is 16.4 Å². The smallest absolute Gasteiger partial charge is 0.387 e. The predicted octanol–water partition coefficient (Wildman–Crippen LogP) is 3.08. The van der Waals surface area contributed by atoms with Crippen molar-refractivity contribution in [1.82, 2.24) is 9.78 Å². The van der Waals surface area contributed by atoms with Crippen LogP contribution in [0.25, 0.3) is 0 Å². The number of halogens is 3. The molecule has 1 heterocycles. The van der Waals surface area contributed by atoms with Crippen LogP contribution in [0.4, 0.5) is 14.6 Å². The van der Waals surface area contributed by atoms with E-state index in [0.717, 1.165) is 0 Å². The molecule has 0 aliphatic carbocycles. The number of anilines is 1. The van der Waals surface area contributed by atoms with Gasteiger partial charge in [-0.25, -0.2) is 4.68 Å². The number of hydrogen-bond donors (Lipinski definition) is 1. The molecule has 0 bridgehead atoms. The second-order valence-electron chi connectivity index (χ2n) is 3.93. The van der Waals surface area contributed by atoms with Gasteiger partial charge >= 0.3 is 6.61 Å². The molecule has 19 heavy (non-hydrogen) atoms. The fourth-order valence-electron chi connectivity index (χ4n) is 1.70. The van der Waals surface area contributed by atoms with E-state index in [0.29, 0.717) is 22.1 Å². The first-order valence-corrected chi connectivity index (χ1v) is 5.88. The number of hydrogen-bond acceptors (Lipinski definition) is 3. The van der Waals surface area contributed by atoms with Crippen LogP contribution in [0.5, 0.6) is 5.75 Å². The van der Waals surface area contributed by atoms with Gasteiger partial charge in [-0.05, 0) is 13.0 Å². The lowest BCUT2D eigenvalue weighted by Crippen LogP contribution is -2.09. The number of benzene rings is 1. The molecule has 1 aromatic carbocycles. The van der Waals surface area contributed by atoms with E-state index in [1.807, 2.05) is 0 Å². The number of para-hydroxylation sites is 1. The molecule has 0 aliphatic rings. The standard InChI is InChI=1S/C12H12ClF2N3O/c1-7-10(13)11(16)18(17-7)6-8-4-2-3-5-9(8)19-12(14)15/h2-5,12H,6,16H2,1H3. The van der Waals surface area contributed by atoms with Crippen LogP contribution < -0.4 is 10.5 Å². The number of aryl methyl sites for hydroxylation is 1. The summed E-state index contributed by atoms with van der Waals surface area (Å²) in [6, 6.07) is 6.48. The fourth-order valence-corrected chi connectivity index (χ4v) is 1.84. The van der Waals surface area contributed by atoms with Crippen molar-refractivity contribution < 1.29 is 13.5 Å². The Morgan fingerprint density at radius 1 is 1.42 bits per heavy atom. The minimum atomic E-state index is -2.87. The van der Waals surface area contributed by atoms with Gasteiger partial charge in [-0.15, -0.1) is 0 Å². The molecule has 7 heteroatoms. The van der Waals surface area contributed by atoms with Crippen LogP contribution in [0.3, 0.4) is 0 Å². The molecule has 0 unspecified atom stereocenters. The first-order chi connectivity index (χ1) is 8.99. The van der Waals surface area contributed by atoms with Crippen LogP contribution in [0, 0.1) is 6.92 Å². The molecular weight excluding hydrogens is 276 g/mol. The third-order valence-corrected chi connectivity index (χ3v) is 3.07. The van der Waals surface area contributed by atoms with Crippen LogP contribution in [0.1, 0.15) is 11.3 Å². The van der Waals surface area contributed by atoms with Gasteiger partial charge in [-0.3, -0.25) is 0 Å². The summed E-state index contributed by atoms with van der Waals surface area (Å²) in [5.74, 6) is 0.396. The highest BCUT2D eigenvalue weighted by Crippen LogP contribution is 2.26. The molecular formula is C12H12ClF2N3O. The number of alkyl halides is 2. The molecule has 0 amide bonds. The zero-order chi connectivity index (χ0) is 14.0. The molecule has 0 saturated heterocycles. The van der Waals surface area contributed by atoms with Gasteiger partial charge < -0.3 is 10.5 Å². The first-order valence-electron chi connectivity index (χ1n) is 5.50. The zero-order valence-corrected chi connectivity index (χ0v) is 10.9. The lowest BCUT2D eigenvalue weighted by Gasteiger charge is -2.11. The van der Waals surface area contributed by atoms with Crippen LogP contribution >= 0.6 is 11.6 Å². The number of nitrogens with two attached hydrogens (primary N) is 1. The summed E-state index contributed by atoms with van der Waals surface area (Å²) >= 11 is 5.93. The number of ether oxygens (including phenoxy) is 1. The zero-order valence-electron chi connectivity index (χ0n) is 10.1. The molecule has 0 atom stereocenters. The summed E-state index contributed by atoms with van der Waals surface area (Å²) in [6.45, 7) is -0.944. The highest BCUT2D eigenvalue weighted by Gasteiger charge is 2.14. The molecule has 2 aromatic rings. The van der Waals surface area contributed by atoms with Gasteiger partial charge in [0.15, 0.2) is 0 Å². The number of rotatable bonds is 4. The summed E-state index contributed by atoms with van der Waals surface area (Å²) in [4.78, 5) is 0. The summed E-state index contributed by atoms with van der Waals surface area (Å²) in [7, 11) is 0. The number of nitrogen functional groups attached to an aromatic ring is 1. The molecule has 2 rings (SSSR count). The van der Waals surface area contributed by atoms with E-state index >= 15 is 0 Å². The van der Waals surface area contributed by atoms with Crippen molar-refractivity contribution in [2.75, 3.05) is 5.73 Å². The van der Waals surface area contributed by atoms with Gasteiger partial charge in [0.25, 0.3) is 0 Å². The molecule has 4 nitrogen and oxygen atoms in total. The lowest BCUT2D eigenvalue weighted by molar-refractivity contribution is -0.0505. The Hall–Kier alpha value is -1.82. The quantitative estimate of drug-likeness (QED) is 0.940. The average Bonchev–Trinajstić information content (AvgIpc) is 2.59. The Bertz CT molecular complexity index is 586. The predicted molar refractivity (Wildman–Crippen MR) is 68.6 cm³/mol. The molecule has 0 radical (unpaired) electrons. The minimum absolute atomic E-state index is 0.0983. The van der Waals surface area contributed by atoms with Gasteiger partial charge in [-0.1, -0.05) is 29.8 Å². The largest absolute Gasteiger partial charge is 0.434 e. The maximum atomic E-state index is 12.3. The number of nitrogens with zero attached hydrogens (tertiary/aromatic N) is 2. The normalized spacial score (nSPS) is 11.0. The van der Waals surface area contributed by atoms with E-state index in [1.54, 1.807) is 25.1 Å². The highest BCUT2D eigenvalue weighted by molar-refractivity contribution is 6.33. The lowest BCUT2D eigenvalue weighted by atomic mass is 10.2. The van der Waals surface area contributed by atoms with Crippen LogP contribution in [-0.2, 0) is 6.54 Å². The van der Waals surface area contributed by atoms with Gasteiger partial charge in [0, 0.05) is 5.56 Å². The van der Waals surface area contributed by atoms with Gasteiger partial charge in [0.2, 0.25) is 0 Å². The third kappa shape index (κ3) is 2.96. The SMILES string of the molecule is Cc1nn(Cc2ccccc2OC(F)F)c(N)c1Cl.